The molecule has 1 aliphatic carbocycles. The van der Waals surface area contributed by atoms with Crippen LogP contribution in [0.5, 0.6) is 0 Å². The number of rotatable bonds is 5. The molecular formula is C13H18N2O3. The number of nitrogens with one attached hydrogen (secondary N) is 1. The van der Waals surface area contributed by atoms with Gasteiger partial charge in [0.2, 0.25) is 5.91 Å². The van der Waals surface area contributed by atoms with Crippen molar-refractivity contribution in [3.63, 3.8) is 0 Å². The van der Waals surface area contributed by atoms with E-state index in [-0.39, 0.29) is 0 Å². The van der Waals surface area contributed by atoms with Crippen molar-refractivity contribution in [2.45, 2.75) is 19.8 Å². The molecule has 0 bridgehead atoms. The fourth-order valence-electron chi connectivity index (χ4n) is 1.70. The van der Waals surface area contributed by atoms with Gasteiger partial charge in [-0.25, -0.2) is 4.79 Å². The number of carbonyl (C=O) groups is 2. The molecule has 0 saturated heterocycles. The number of hydrogen-bond donors (Lipinski definition) is 3. The number of amides is 1. The first-order valence-electron chi connectivity index (χ1n) is 5.83. The van der Waals surface area contributed by atoms with E-state index in [2.05, 4.69) is 12.2 Å². The zero-order valence-corrected chi connectivity index (χ0v) is 10.3. The van der Waals surface area contributed by atoms with Gasteiger partial charge in [0, 0.05) is 24.4 Å². The highest BCUT2D eigenvalue weighted by atomic mass is 16.4. The van der Waals surface area contributed by atoms with Gasteiger partial charge in [0.1, 0.15) is 0 Å². The Bertz CT molecular complexity index is 422. The highest BCUT2D eigenvalue weighted by Gasteiger charge is 2.12. The zero-order valence-electron chi connectivity index (χ0n) is 10.3. The molecule has 1 rings (SSSR count). The molecule has 1 atom stereocenters. The molecule has 1 amide bonds. The van der Waals surface area contributed by atoms with Gasteiger partial charge in [-0.3, -0.25) is 4.79 Å². The monoisotopic (exact) mass is 250 g/mol. The summed E-state index contributed by atoms with van der Waals surface area (Å²) in [5, 5.41) is 11.0. The molecule has 98 valence electrons. The van der Waals surface area contributed by atoms with Crippen LogP contribution in [0.1, 0.15) is 19.8 Å². The Morgan fingerprint density at radius 1 is 1.50 bits per heavy atom. The molecule has 5 nitrogen and oxygen atoms in total. The topological polar surface area (TPSA) is 92.4 Å². The highest BCUT2D eigenvalue weighted by molar-refractivity contribution is 5.93. The fraction of sp³-hybridized carbons (Fsp3) is 0.385. The summed E-state index contributed by atoms with van der Waals surface area (Å²) in [4.78, 5) is 21.4. The molecule has 0 heterocycles. The van der Waals surface area contributed by atoms with E-state index in [4.69, 9.17) is 10.8 Å². The molecule has 0 aliphatic heterocycles. The lowest BCUT2D eigenvalue weighted by Crippen LogP contribution is -2.23. The lowest BCUT2D eigenvalue weighted by atomic mass is 9.91. The van der Waals surface area contributed by atoms with E-state index in [0.717, 1.165) is 30.7 Å². The van der Waals surface area contributed by atoms with Crippen molar-refractivity contribution < 1.29 is 14.7 Å². The summed E-state index contributed by atoms with van der Waals surface area (Å²) in [6.45, 7) is 2.56. The molecule has 0 fully saturated rings. The fourth-order valence-corrected chi connectivity index (χ4v) is 1.70. The third-order valence-corrected chi connectivity index (χ3v) is 2.77. The number of carboxylic acids is 1. The summed E-state index contributed by atoms with van der Waals surface area (Å²) < 4.78 is 0. The van der Waals surface area contributed by atoms with Crippen LogP contribution in [0.4, 0.5) is 0 Å². The Morgan fingerprint density at radius 2 is 2.22 bits per heavy atom. The summed E-state index contributed by atoms with van der Waals surface area (Å²) in [5.41, 5.74) is 7.88. The molecule has 0 unspecified atom stereocenters. The van der Waals surface area contributed by atoms with Gasteiger partial charge < -0.3 is 16.2 Å². The van der Waals surface area contributed by atoms with Crippen LogP contribution in [0.15, 0.2) is 35.6 Å². The number of carboxylic acid groups (broad SMARTS) is 1. The van der Waals surface area contributed by atoms with Crippen molar-refractivity contribution in [2.75, 3.05) is 6.54 Å². The van der Waals surface area contributed by atoms with E-state index in [9.17, 15) is 9.59 Å². The number of allylic oxidation sites excluding steroid dienone is 3. The first-order chi connectivity index (χ1) is 8.49. The zero-order chi connectivity index (χ0) is 13.5. The molecule has 0 saturated carbocycles. The molecule has 5 heteroatoms. The van der Waals surface area contributed by atoms with Crippen LogP contribution < -0.4 is 11.1 Å². The van der Waals surface area contributed by atoms with Crippen LogP contribution in [0.25, 0.3) is 0 Å². The van der Waals surface area contributed by atoms with Crippen molar-refractivity contribution in [3.8, 4) is 0 Å². The SMILES string of the molecule is C[C@H]1CC(CCNC(=O)/C=C\C(=O)O)=CC=C1N. The predicted octanol–water partition coefficient (Wildman–Crippen LogP) is 0.942. The minimum Gasteiger partial charge on any atom is -0.478 e. The van der Waals surface area contributed by atoms with Gasteiger partial charge >= 0.3 is 5.97 Å². The summed E-state index contributed by atoms with van der Waals surface area (Å²) in [7, 11) is 0. The Labute approximate surface area is 106 Å². The maximum Gasteiger partial charge on any atom is 0.328 e. The maximum atomic E-state index is 11.2. The lowest BCUT2D eigenvalue weighted by molar-refractivity contribution is -0.131. The van der Waals surface area contributed by atoms with Crippen LogP contribution >= 0.6 is 0 Å². The predicted molar refractivity (Wildman–Crippen MR) is 68.5 cm³/mol. The van der Waals surface area contributed by atoms with Crippen LogP contribution in [0, 0.1) is 5.92 Å². The van der Waals surface area contributed by atoms with Gasteiger partial charge in [-0.1, -0.05) is 18.6 Å². The second-order valence-corrected chi connectivity index (χ2v) is 4.31. The Morgan fingerprint density at radius 3 is 2.83 bits per heavy atom. The van der Waals surface area contributed by atoms with Gasteiger partial charge in [0.25, 0.3) is 0 Å². The van der Waals surface area contributed by atoms with E-state index in [1.165, 1.54) is 5.57 Å². The highest BCUT2D eigenvalue weighted by Crippen LogP contribution is 2.23. The molecular weight excluding hydrogens is 232 g/mol. The Kier molecular flexibility index (Phi) is 5.17. The van der Waals surface area contributed by atoms with Gasteiger partial charge in [-0.05, 0) is 24.8 Å². The lowest BCUT2D eigenvalue weighted by Gasteiger charge is -2.18. The number of aliphatic carboxylic acids is 1. The van der Waals surface area contributed by atoms with Gasteiger partial charge in [-0.15, -0.1) is 0 Å². The third kappa shape index (κ3) is 4.86. The molecule has 0 aromatic rings. The van der Waals surface area contributed by atoms with Crippen molar-refractivity contribution in [1.82, 2.24) is 5.32 Å². The molecule has 0 aromatic carbocycles. The summed E-state index contributed by atoms with van der Waals surface area (Å²) in [5.74, 6) is -1.18. The first kappa shape index (κ1) is 14.0. The minimum absolute atomic E-state index is 0.340. The summed E-state index contributed by atoms with van der Waals surface area (Å²) in [6.07, 6.45) is 7.37. The van der Waals surface area contributed by atoms with Gasteiger partial charge in [0.15, 0.2) is 0 Å². The summed E-state index contributed by atoms with van der Waals surface area (Å²) in [6, 6.07) is 0. The third-order valence-electron chi connectivity index (χ3n) is 2.77. The van der Waals surface area contributed by atoms with Crippen molar-refractivity contribution in [3.05, 3.63) is 35.6 Å². The Hall–Kier alpha value is -2.04. The van der Waals surface area contributed by atoms with Crippen molar-refractivity contribution in [1.29, 1.82) is 0 Å². The standard InChI is InChI=1S/C13H18N2O3/c1-9-8-10(2-3-11(9)14)6-7-15-12(16)4-5-13(17)18/h2-5,9H,6-8,14H2,1H3,(H,15,16)(H,17,18)/b5-4-/t9-/m0/s1. The molecule has 0 radical (unpaired) electrons. The average molecular weight is 250 g/mol. The minimum atomic E-state index is -1.13. The first-order valence-corrected chi connectivity index (χ1v) is 5.83. The van der Waals surface area contributed by atoms with Crippen molar-refractivity contribution in [2.24, 2.45) is 11.7 Å². The normalized spacial score (nSPS) is 19.3. The number of carbonyl (C=O) groups excluding carboxylic acids is 1. The second-order valence-electron chi connectivity index (χ2n) is 4.31. The van der Waals surface area contributed by atoms with Gasteiger partial charge in [0.05, 0.1) is 0 Å². The largest absolute Gasteiger partial charge is 0.478 e. The smallest absolute Gasteiger partial charge is 0.328 e. The molecule has 18 heavy (non-hydrogen) atoms. The molecule has 1 aliphatic rings. The van der Waals surface area contributed by atoms with Gasteiger partial charge in [-0.2, -0.15) is 0 Å². The van der Waals surface area contributed by atoms with E-state index in [1.54, 1.807) is 0 Å². The number of hydrogen-bond acceptors (Lipinski definition) is 3. The average Bonchev–Trinajstić information content (AvgIpc) is 2.31. The molecule has 0 aromatic heterocycles. The van der Waals surface area contributed by atoms with Crippen LogP contribution in [-0.4, -0.2) is 23.5 Å². The molecule has 0 spiro atoms. The van der Waals surface area contributed by atoms with E-state index in [1.807, 2.05) is 12.2 Å². The van der Waals surface area contributed by atoms with E-state index in [0.29, 0.717) is 12.5 Å². The quantitative estimate of drug-likeness (QED) is 0.633. The van der Waals surface area contributed by atoms with Crippen LogP contribution in [0.2, 0.25) is 0 Å². The number of nitrogens with two attached hydrogens (primary N) is 1. The van der Waals surface area contributed by atoms with E-state index < -0.39 is 11.9 Å². The second kappa shape index (κ2) is 6.64. The summed E-state index contributed by atoms with van der Waals surface area (Å²) >= 11 is 0. The van der Waals surface area contributed by atoms with E-state index >= 15 is 0 Å². The van der Waals surface area contributed by atoms with Crippen LogP contribution in [0.3, 0.4) is 0 Å². The van der Waals surface area contributed by atoms with Crippen LogP contribution in [-0.2, 0) is 9.59 Å². The maximum absolute atomic E-state index is 11.2. The Balaban J connectivity index is 2.31. The van der Waals surface area contributed by atoms with Crippen molar-refractivity contribution >= 4 is 11.9 Å². The molecule has 4 N–H and O–H groups in total.